The number of hydrogen-bond acceptors (Lipinski definition) is 5. The van der Waals surface area contributed by atoms with Gasteiger partial charge < -0.3 is 0 Å². The summed E-state index contributed by atoms with van der Waals surface area (Å²) >= 11 is 1.87. The zero-order chi connectivity index (χ0) is 34.9. The quantitative estimate of drug-likeness (QED) is 0.172. The van der Waals surface area contributed by atoms with Crippen molar-refractivity contribution >= 4 is 75.0 Å². The van der Waals surface area contributed by atoms with E-state index in [0.29, 0.717) is 0 Å². The number of nitrogens with zero attached hydrogens (tertiary/aromatic N) is 4. The van der Waals surface area contributed by atoms with Gasteiger partial charge in [-0.05, 0) is 35.9 Å². The molecule has 0 aliphatic carbocycles. The Labute approximate surface area is 308 Å². The average molecular weight is 693 g/mol. The SMILES string of the molecule is c1ccc(-c2ccc3ccc4ccc(-c5ccc(-c6ccc(-c7nc8ccccc8c8c7ccc7c9ccccc9sc78)cc6)cn5)nc4c3n2)cc1. The Balaban J connectivity index is 0.952. The molecule has 0 saturated carbocycles. The van der Waals surface area contributed by atoms with Crippen LogP contribution >= 0.6 is 11.3 Å². The normalized spacial score (nSPS) is 11.8. The average Bonchev–Trinajstić information content (AvgIpc) is 3.62. The molecule has 0 spiro atoms. The number of fused-ring (bicyclic) bond motifs is 10. The molecular weight excluding hydrogens is 665 g/mol. The fourth-order valence-electron chi connectivity index (χ4n) is 7.65. The molecule has 0 aliphatic rings. The molecule has 11 aromatic rings. The van der Waals surface area contributed by atoms with Crippen molar-refractivity contribution in [2.24, 2.45) is 0 Å². The predicted molar refractivity (Wildman–Crippen MR) is 222 cm³/mol. The van der Waals surface area contributed by atoms with Crippen molar-refractivity contribution in [3.05, 3.63) is 170 Å². The highest BCUT2D eigenvalue weighted by Crippen LogP contribution is 2.43. The highest BCUT2D eigenvalue weighted by molar-refractivity contribution is 7.26. The molecule has 0 bridgehead atoms. The van der Waals surface area contributed by atoms with E-state index in [1.807, 2.05) is 41.8 Å². The second kappa shape index (κ2) is 11.9. The molecule has 0 N–H and O–H groups in total. The third kappa shape index (κ3) is 4.90. The van der Waals surface area contributed by atoms with Crippen LogP contribution < -0.4 is 0 Å². The van der Waals surface area contributed by atoms with E-state index in [0.717, 1.165) is 72.4 Å². The van der Waals surface area contributed by atoms with Crippen LogP contribution in [0.15, 0.2) is 170 Å². The van der Waals surface area contributed by atoms with Gasteiger partial charge in [0, 0.05) is 70.0 Å². The Hall–Kier alpha value is -6.82. The van der Waals surface area contributed by atoms with Gasteiger partial charge in [0.1, 0.15) is 0 Å². The number of aromatic nitrogens is 4. The van der Waals surface area contributed by atoms with Gasteiger partial charge in [0.2, 0.25) is 0 Å². The molecule has 4 nitrogen and oxygen atoms in total. The molecule has 0 fully saturated rings. The van der Waals surface area contributed by atoms with E-state index < -0.39 is 0 Å². The van der Waals surface area contributed by atoms with Crippen molar-refractivity contribution in [1.82, 2.24) is 19.9 Å². The summed E-state index contributed by atoms with van der Waals surface area (Å²) in [5, 5.41) is 8.35. The Morgan fingerprint density at radius 1 is 0.377 bits per heavy atom. The zero-order valence-corrected chi connectivity index (χ0v) is 29.2. The fourth-order valence-corrected chi connectivity index (χ4v) is 8.92. The van der Waals surface area contributed by atoms with Gasteiger partial charge in [-0.25, -0.2) is 15.0 Å². The minimum atomic E-state index is 0.820. The van der Waals surface area contributed by atoms with Gasteiger partial charge in [0.05, 0.1) is 39.3 Å². The van der Waals surface area contributed by atoms with Crippen molar-refractivity contribution in [3.63, 3.8) is 0 Å². The number of benzene rings is 6. The molecule has 0 amide bonds. The smallest absolute Gasteiger partial charge is 0.0973 e. The molecule has 0 saturated heterocycles. The predicted octanol–water partition coefficient (Wildman–Crippen LogP) is 12.9. The van der Waals surface area contributed by atoms with Gasteiger partial charge in [-0.15, -0.1) is 11.3 Å². The van der Waals surface area contributed by atoms with Crippen LogP contribution in [0.25, 0.3) is 109 Å². The van der Waals surface area contributed by atoms with Crippen LogP contribution in [0.3, 0.4) is 0 Å². The lowest BCUT2D eigenvalue weighted by Crippen LogP contribution is -1.92. The maximum Gasteiger partial charge on any atom is 0.0973 e. The van der Waals surface area contributed by atoms with E-state index in [1.54, 1.807) is 0 Å². The minimum Gasteiger partial charge on any atom is -0.254 e. The van der Waals surface area contributed by atoms with Crippen LogP contribution in [0.4, 0.5) is 0 Å². The van der Waals surface area contributed by atoms with E-state index in [2.05, 4.69) is 140 Å². The lowest BCUT2D eigenvalue weighted by molar-refractivity contribution is 1.27. The highest BCUT2D eigenvalue weighted by atomic mass is 32.1. The summed E-state index contributed by atoms with van der Waals surface area (Å²) in [7, 11) is 0. The summed E-state index contributed by atoms with van der Waals surface area (Å²) < 4.78 is 2.62. The van der Waals surface area contributed by atoms with Crippen LogP contribution in [0.5, 0.6) is 0 Å². The molecule has 5 heterocycles. The summed E-state index contributed by atoms with van der Waals surface area (Å²) in [6.07, 6.45) is 1.94. The van der Waals surface area contributed by atoms with E-state index in [9.17, 15) is 0 Å². The van der Waals surface area contributed by atoms with Crippen LogP contribution in [-0.2, 0) is 0 Å². The topological polar surface area (TPSA) is 51.6 Å². The molecule has 0 aliphatic heterocycles. The van der Waals surface area contributed by atoms with Crippen molar-refractivity contribution in [2.45, 2.75) is 0 Å². The monoisotopic (exact) mass is 692 g/mol. The molecule has 11 rings (SSSR count). The second-order valence-electron chi connectivity index (χ2n) is 13.4. The number of para-hydroxylation sites is 1. The molecule has 5 aromatic heterocycles. The minimum absolute atomic E-state index is 0.820. The van der Waals surface area contributed by atoms with Crippen LogP contribution in [0.2, 0.25) is 0 Å². The van der Waals surface area contributed by atoms with Crippen molar-refractivity contribution in [2.75, 3.05) is 0 Å². The maximum atomic E-state index is 5.22. The molecular formula is C48H28N4S. The van der Waals surface area contributed by atoms with E-state index >= 15 is 0 Å². The first-order valence-corrected chi connectivity index (χ1v) is 18.5. The summed E-state index contributed by atoms with van der Waals surface area (Å²) in [5.41, 5.74) is 10.7. The van der Waals surface area contributed by atoms with Crippen molar-refractivity contribution < 1.29 is 0 Å². The first-order chi connectivity index (χ1) is 26.2. The molecule has 0 unspecified atom stereocenters. The zero-order valence-electron chi connectivity index (χ0n) is 28.4. The Morgan fingerprint density at radius 2 is 1.00 bits per heavy atom. The van der Waals surface area contributed by atoms with E-state index in [-0.39, 0.29) is 0 Å². The van der Waals surface area contributed by atoms with E-state index in [4.69, 9.17) is 19.9 Å². The lowest BCUT2D eigenvalue weighted by atomic mass is 9.97. The van der Waals surface area contributed by atoms with Gasteiger partial charge in [-0.2, -0.15) is 0 Å². The number of pyridine rings is 4. The number of rotatable bonds is 4. The molecule has 0 radical (unpaired) electrons. The molecule has 0 atom stereocenters. The van der Waals surface area contributed by atoms with Crippen molar-refractivity contribution in [1.29, 1.82) is 0 Å². The van der Waals surface area contributed by atoms with Gasteiger partial charge >= 0.3 is 0 Å². The van der Waals surface area contributed by atoms with Crippen LogP contribution in [-0.4, -0.2) is 19.9 Å². The Kier molecular flexibility index (Phi) is 6.69. The Bertz CT molecular complexity index is 3210. The lowest BCUT2D eigenvalue weighted by Gasteiger charge is -2.12. The summed E-state index contributed by atoms with van der Waals surface area (Å²) in [4.78, 5) is 20.3. The van der Waals surface area contributed by atoms with Gasteiger partial charge in [0.25, 0.3) is 0 Å². The highest BCUT2D eigenvalue weighted by Gasteiger charge is 2.16. The molecule has 246 valence electrons. The van der Waals surface area contributed by atoms with Crippen LogP contribution in [0, 0.1) is 0 Å². The summed E-state index contributed by atoms with van der Waals surface area (Å²) in [6.45, 7) is 0. The summed E-state index contributed by atoms with van der Waals surface area (Å²) in [5.74, 6) is 0. The largest absolute Gasteiger partial charge is 0.254 e. The first-order valence-electron chi connectivity index (χ1n) is 17.7. The van der Waals surface area contributed by atoms with E-state index in [1.165, 1.54) is 36.3 Å². The third-order valence-electron chi connectivity index (χ3n) is 10.3. The van der Waals surface area contributed by atoms with Gasteiger partial charge in [-0.1, -0.05) is 133 Å². The number of hydrogen-bond donors (Lipinski definition) is 0. The van der Waals surface area contributed by atoms with Gasteiger partial charge in [-0.3, -0.25) is 4.98 Å². The summed E-state index contributed by atoms with van der Waals surface area (Å²) in [6, 6.07) is 57.4. The molecule has 5 heteroatoms. The molecule has 53 heavy (non-hydrogen) atoms. The van der Waals surface area contributed by atoms with Crippen molar-refractivity contribution in [3.8, 4) is 45.0 Å². The van der Waals surface area contributed by atoms with Crippen LogP contribution in [0.1, 0.15) is 0 Å². The first kappa shape index (κ1) is 29.9. The maximum absolute atomic E-state index is 5.22. The van der Waals surface area contributed by atoms with Gasteiger partial charge in [0.15, 0.2) is 0 Å². The number of thiophene rings is 1. The Morgan fingerprint density at radius 3 is 1.79 bits per heavy atom. The second-order valence-corrected chi connectivity index (χ2v) is 14.5. The third-order valence-corrected chi connectivity index (χ3v) is 11.5. The molecule has 6 aromatic carbocycles. The standard InChI is InChI=1S/C48H28N4S/c1-2-8-30(9-3-1)39-25-20-32-18-19-33-21-27-42(52-47(33)46(32)50-39)41-26-22-34(28-49-41)29-14-16-31(17-15-29)45-38-24-23-36-35-10-5-7-13-43(35)53-48(36)44(38)37-11-4-6-12-40(37)51-45/h1-28H. The fraction of sp³-hybridized carbons (Fsp3) is 0.